The third-order valence-electron chi connectivity index (χ3n) is 1.88. The molecule has 4 nitrogen and oxygen atoms in total. The molecule has 1 atom stereocenters. The van der Waals surface area contributed by atoms with Gasteiger partial charge in [-0.25, -0.2) is 0 Å². The molecule has 1 heterocycles. The smallest absolute Gasteiger partial charge is 0.134 e. The standard InChI is InChI=1S/C7H14N2O2/c1-11-7-6-8-2-3-9(7)4-5-10/h5,7-8H,2-4,6H2,1H3/t7-/m0/s1. The minimum atomic E-state index is 0.0638. The fourth-order valence-corrected chi connectivity index (χ4v) is 1.26. The van der Waals surface area contributed by atoms with Crippen LogP contribution in [0, 0.1) is 0 Å². The minimum Gasteiger partial charge on any atom is -0.365 e. The van der Waals surface area contributed by atoms with Gasteiger partial charge in [0, 0.05) is 26.7 Å². The van der Waals surface area contributed by atoms with Gasteiger partial charge in [-0.1, -0.05) is 0 Å². The molecule has 1 saturated heterocycles. The minimum absolute atomic E-state index is 0.0638. The summed E-state index contributed by atoms with van der Waals surface area (Å²) in [6.07, 6.45) is 0.978. The Kier molecular flexibility index (Phi) is 3.48. The highest BCUT2D eigenvalue weighted by atomic mass is 16.5. The maximum Gasteiger partial charge on any atom is 0.134 e. The molecule has 1 rings (SSSR count). The molecule has 0 aliphatic carbocycles. The molecule has 1 N–H and O–H groups in total. The first-order chi connectivity index (χ1) is 5.38. The molecule has 0 unspecified atom stereocenters. The molecule has 0 bridgehead atoms. The van der Waals surface area contributed by atoms with Crippen LogP contribution >= 0.6 is 0 Å². The lowest BCUT2D eigenvalue weighted by molar-refractivity contribution is -0.113. The van der Waals surface area contributed by atoms with E-state index in [0.29, 0.717) is 6.54 Å². The average Bonchev–Trinajstić information content (AvgIpc) is 2.06. The summed E-state index contributed by atoms with van der Waals surface area (Å²) in [6.45, 7) is 3.11. The first-order valence-corrected chi connectivity index (χ1v) is 3.79. The first kappa shape index (κ1) is 8.64. The molecule has 1 fully saturated rings. The van der Waals surface area contributed by atoms with Gasteiger partial charge in [0.05, 0.1) is 6.54 Å². The number of aldehydes is 1. The Bertz CT molecular complexity index is 130. The molecule has 0 radical (unpaired) electrons. The van der Waals surface area contributed by atoms with Crippen LogP contribution in [-0.2, 0) is 9.53 Å². The molecule has 1 aliphatic rings. The number of piperazine rings is 1. The van der Waals surface area contributed by atoms with Crippen molar-refractivity contribution in [2.24, 2.45) is 0 Å². The summed E-state index contributed by atoms with van der Waals surface area (Å²) in [5.41, 5.74) is 0. The van der Waals surface area contributed by atoms with E-state index in [1.54, 1.807) is 7.11 Å². The molecule has 0 aromatic rings. The van der Waals surface area contributed by atoms with Crippen molar-refractivity contribution in [1.29, 1.82) is 0 Å². The molecule has 1 aliphatic heterocycles. The van der Waals surface area contributed by atoms with Crippen LogP contribution in [0.15, 0.2) is 0 Å². The van der Waals surface area contributed by atoms with Crippen LogP contribution in [0.2, 0.25) is 0 Å². The molecule has 0 saturated carbocycles. The van der Waals surface area contributed by atoms with Gasteiger partial charge in [-0.05, 0) is 0 Å². The molecule has 11 heavy (non-hydrogen) atoms. The number of ether oxygens (including phenoxy) is 1. The van der Waals surface area contributed by atoms with Crippen LogP contribution in [0.1, 0.15) is 0 Å². The lowest BCUT2D eigenvalue weighted by atomic mass is 10.3. The fraction of sp³-hybridized carbons (Fsp3) is 0.857. The summed E-state index contributed by atoms with van der Waals surface area (Å²) in [5.74, 6) is 0. The number of rotatable bonds is 3. The Morgan fingerprint density at radius 2 is 2.64 bits per heavy atom. The van der Waals surface area contributed by atoms with Crippen molar-refractivity contribution >= 4 is 6.29 Å². The third kappa shape index (κ3) is 2.25. The molecular weight excluding hydrogens is 144 g/mol. The van der Waals surface area contributed by atoms with Crippen LogP contribution in [0.5, 0.6) is 0 Å². The van der Waals surface area contributed by atoms with Crippen molar-refractivity contribution < 1.29 is 9.53 Å². The fourth-order valence-electron chi connectivity index (χ4n) is 1.26. The predicted octanol–water partition coefficient (Wildman–Crippen LogP) is -0.937. The van der Waals surface area contributed by atoms with Crippen LogP contribution in [-0.4, -0.2) is 50.7 Å². The number of hydrogen-bond acceptors (Lipinski definition) is 4. The van der Waals surface area contributed by atoms with Gasteiger partial charge in [-0.2, -0.15) is 0 Å². The van der Waals surface area contributed by atoms with Gasteiger partial charge in [-0.3, -0.25) is 4.90 Å². The highest BCUT2D eigenvalue weighted by Crippen LogP contribution is 2.01. The van der Waals surface area contributed by atoms with Gasteiger partial charge >= 0.3 is 0 Å². The van der Waals surface area contributed by atoms with Crippen LogP contribution < -0.4 is 5.32 Å². The second kappa shape index (κ2) is 4.43. The Balaban J connectivity index is 2.37. The number of methoxy groups -OCH3 is 1. The Morgan fingerprint density at radius 1 is 1.82 bits per heavy atom. The Hall–Kier alpha value is -0.450. The lowest BCUT2D eigenvalue weighted by Crippen LogP contribution is -2.52. The molecule has 0 spiro atoms. The summed E-state index contributed by atoms with van der Waals surface area (Å²) < 4.78 is 5.16. The zero-order valence-corrected chi connectivity index (χ0v) is 6.75. The summed E-state index contributed by atoms with van der Waals surface area (Å²) in [5, 5.41) is 3.19. The van der Waals surface area contributed by atoms with Crippen LogP contribution in [0.3, 0.4) is 0 Å². The van der Waals surface area contributed by atoms with Crippen molar-refractivity contribution in [3.05, 3.63) is 0 Å². The predicted molar refractivity (Wildman–Crippen MR) is 41.3 cm³/mol. The Morgan fingerprint density at radius 3 is 3.27 bits per heavy atom. The summed E-state index contributed by atoms with van der Waals surface area (Å²) in [6, 6.07) is 0. The SMILES string of the molecule is CO[C@H]1CNCCN1CC=O. The maximum atomic E-state index is 10.2. The van der Waals surface area contributed by atoms with Gasteiger partial charge < -0.3 is 14.8 Å². The largest absolute Gasteiger partial charge is 0.365 e. The molecule has 64 valence electrons. The van der Waals surface area contributed by atoms with Gasteiger partial charge in [-0.15, -0.1) is 0 Å². The van der Waals surface area contributed by atoms with E-state index < -0.39 is 0 Å². The molecule has 4 heteroatoms. The van der Waals surface area contributed by atoms with Crippen molar-refractivity contribution in [2.75, 3.05) is 33.3 Å². The van der Waals surface area contributed by atoms with E-state index in [-0.39, 0.29) is 6.23 Å². The van der Waals surface area contributed by atoms with Gasteiger partial charge in [0.25, 0.3) is 0 Å². The van der Waals surface area contributed by atoms with E-state index >= 15 is 0 Å². The highest BCUT2D eigenvalue weighted by Gasteiger charge is 2.20. The zero-order valence-electron chi connectivity index (χ0n) is 6.75. The van der Waals surface area contributed by atoms with Gasteiger partial charge in [0.2, 0.25) is 0 Å². The van der Waals surface area contributed by atoms with Gasteiger partial charge in [0.15, 0.2) is 0 Å². The van der Waals surface area contributed by atoms with Crippen molar-refractivity contribution in [3.63, 3.8) is 0 Å². The number of hydrogen-bond donors (Lipinski definition) is 1. The lowest BCUT2D eigenvalue weighted by Gasteiger charge is -2.33. The van der Waals surface area contributed by atoms with E-state index in [1.807, 2.05) is 4.90 Å². The van der Waals surface area contributed by atoms with Gasteiger partial charge in [0.1, 0.15) is 12.5 Å². The average molecular weight is 158 g/mol. The topological polar surface area (TPSA) is 41.6 Å². The Labute approximate surface area is 66.5 Å². The number of carbonyl (C=O) groups is 1. The quantitative estimate of drug-likeness (QED) is 0.538. The van der Waals surface area contributed by atoms with Crippen molar-refractivity contribution in [2.45, 2.75) is 6.23 Å². The maximum absolute atomic E-state index is 10.2. The van der Waals surface area contributed by atoms with Crippen LogP contribution in [0.4, 0.5) is 0 Å². The monoisotopic (exact) mass is 158 g/mol. The van der Waals surface area contributed by atoms with E-state index in [0.717, 1.165) is 25.9 Å². The summed E-state index contributed by atoms with van der Waals surface area (Å²) in [7, 11) is 1.66. The number of carbonyl (C=O) groups excluding carboxylic acids is 1. The van der Waals surface area contributed by atoms with Crippen molar-refractivity contribution in [3.8, 4) is 0 Å². The van der Waals surface area contributed by atoms with Crippen LogP contribution in [0.25, 0.3) is 0 Å². The van der Waals surface area contributed by atoms with E-state index in [9.17, 15) is 4.79 Å². The van der Waals surface area contributed by atoms with E-state index in [4.69, 9.17) is 4.74 Å². The third-order valence-corrected chi connectivity index (χ3v) is 1.88. The summed E-state index contributed by atoms with van der Waals surface area (Å²) >= 11 is 0. The summed E-state index contributed by atoms with van der Waals surface area (Å²) in [4.78, 5) is 12.2. The van der Waals surface area contributed by atoms with E-state index in [1.165, 1.54) is 0 Å². The molecular formula is C7H14N2O2. The normalized spacial score (nSPS) is 26.8. The molecule has 0 aromatic heterocycles. The second-order valence-electron chi connectivity index (χ2n) is 2.56. The second-order valence-corrected chi connectivity index (χ2v) is 2.56. The van der Waals surface area contributed by atoms with Crippen molar-refractivity contribution in [1.82, 2.24) is 10.2 Å². The molecule has 0 aromatic carbocycles. The highest BCUT2D eigenvalue weighted by molar-refractivity contribution is 5.52. The van der Waals surface area contributed by atoms with E-state index in [2.05, 4.69) is 5.32 Å². The molecule has 0 amide bonds. The number of nitrogens with one attached hydrogen (secondary N) is 1. The zero-order chi connectivity index (χ0) is 8.10. The first-order valence-electron chi connectivity index (χ1n) is 3.79. The number of nitrogens with zero attached hydrogens (tertiary/aromatic N) is 1.